The van der Waals surface area contributed by atoms with Gasteiger partial charge in [-0.05, 0) is 43.2 Å². The third kappa shape index (κ3) is 4.17. The highest BCUT2D eigenvalue weighted by Gasteiger charge is 2.29. The van der Waals surface area contributed by atoms with Crippen LogP contribution in [0.3, 0.4) is 0 Å². The van der Waals surface area contributed by atoms with Gasteiger partial charge < -0.3 is 10.7 Å². The molecule has 1 atom stereocenters. The summed E-state index contributed by atoms with van der Waals surface area (Å²) < 4.78 is 0. The Morgan fingerprint density at radius 2 is 2.24 bits per heavy atom. The number of carbonyl (C=O) groups excluding carboxylic acids is 1. The second-order valence-electron chi connectivity index (χ2n) is 6.66. The average Bonchev–Trinajstić information content (AvgIpc) is 2.45. The summed E-state index contributed by atoms with van der Waals surface area (Å²) in [7, 11) is 0. The number of nitrogens with zero attached hydrogens (tertiary/aromatic N) is 1. The Hall–Kier alpha value is -1.62. The van der Waals surface area contributed by atoms with Crippen molar-refractivity contribution in [2.75, 3.05) is 5.43 Å². The van der Waals surface area contributed by atoms with Crippen molar-refractivity contribution in [2.24, 2.45) is 11.3 Å². The van der Waals surface area contributed by atoms with Gasteiger partial charge in [0.2, 0.25) is 0 Å². The number of aryl methyl sites for hydroxylation is 1. The third-order valence-electron chi connectivity index (χ3n) is 4.19. The van der Waals surface area contributed by atoms with E-state index in [-0.39, 0.29) is 11.9 Å². The van der Waals surface area contributed by atoms with Gasteiger partial charge in [0.1, 0.15) is 5.82 Å². The molecule has 1 heterocycles. The normalized spacial score (nSPS) is 20.9. The minimum absolute atomic E-state index is 0.0358. The Labute approximate surface area is 126 Å². The van der Waals surface area contributed by atoms with Gasteiger partial charge in [-0.2, -0.15) is 0 Å². The van der Waals surface area contributed by atoms with E-state index >= 15 is 0 Å². The second kappa shape index (κ2) is 6.43. The molecule has 0 aliphatic heterocycles. The topological polar surface area (TPSA) is 80.0 Å². The molecule has 1 aromatic heterocycles. The lowest BCUT2D eigenvalue weighted by Gasteiger charge is -2.35. The van der Waals surface area contributed by atoms with Crippen LogP contribution in [0, 0.1) is 5.41 Å². The molecule has 1 unspecified atom stereocenters. The Bertz CT molecular complexity index is 491. The molecule has 0 bridgehead atoms. The Morgan fingerprint density at radius 1 is 1.48 bits per heavy atom. The zero-order chi connectivity index (χ0) is 15.5. The largest absolute Gasteiger partial charge is 0.349 e. The summed E-state index contributed by atoms with van der Waals surface area (Å²) >= 11 is 0. The molecule has 0 aromatic carbocycles. The van der Waals surface area contributed by atoms with Gasteiger partial charge in [-0.1, -0.05) is 27.2 Å². The summed E-state index contributed by atoms with van der Waals surface area (Å²) in [5.74, 6) is 5.91. The summed E-state index contributed by atoms with van der Waals surface area (Å²) in [5, 5.41) is 3.16. The van der Waals surface area contributed by atoms with E-state index in [4.69, 9.17) is 5.84 Å². The van der Waals surface area contributed by atoms with Gasteiger partial charge in [0.15, 0.2) is 0 Å². The van der Waals surface area contributed by atoms with Gasteiger partial charge >= 0.3 is 0 Å². The van der Waals surface area contributed by atoms with Crippen molar-refractivity contribution in [2.45, 2.75) is 58.9 Å². The fraction of sp³-hybridized carbons (Fsp3) is 0.625. The number of nitrogens with one attached hydrogen (secondary N) is 2. The molecule has 1 aromatic rings. The highest BCUT2D eigenvalue weighted by atomic mass is 16.1. The molecule has 5 heteroatoms. The van der Waals surface area contributed by atoms with Crippen LogP contribution in [0.15, 0.2) is 12.1 Å². The fourth-order valence-corrected chi connectivity index (χ4v) is 3.06. The van der Waals surface area contributed by atoms with Crippen LogP contribution in [-0.2, 0) is 6.42 Å². The monoisotopic (exact) mass is 290 g/mol. The number of hydrogen-bond donors (Lipinski definition) is 3. The zero-order valence-corrected chi connectivity index (χ0v) is 13.2. The van der Waals surface area contributed by atoms with E-state index in [1.54, 1.807) is 6.07 Å². The number of nitrogens with two attached hydrogens (primary N) is 1. The van der Waals surface area contributed by atoms with E-state index in [0.29, 0.717) is 16.8 Å². The Morgan fingerprint density at radius 3 is 2.86 bits per heavy atom. The molecule has 2 rings (SSSR count). The SMILES string of the molecule is CCc1cc(C(=O)NC2CCCC(C)(C)C2)cc(NN)n1. The van der Waals surface area contributed by atoms with Gasteiger partial charge in [-0.3, -0.25) is 4.79 Å². The molecule has 21 heavy (non-hydrogen) atoms. The van der Waals surface area contributed by atoms with Crippen LogP contribution in [0.25, 0.3) is 0 Å². The molecule has 1 amide bonds. The van der Waals surface area contributed by atoms with Gasteiger partial charge in [0.05, 0.1) is 0 Å². The standard InChI is InChI=1S/C16H26N4O/c1-4-12-8-11(9-14(18-12)20-17)15(21)19-13-6-5-7-16(2,3)10-13/h8-9,13H,4-7,10,17H2,1-3H3,(H,18,20)(H,19,21). The molecule has 1 aliphatic rings. The molecular formula is C16H26N4O. The maximum atomic E-state index is 12.5. The van der Waals surface area contributed by atoms with Crippen molar-refractivity contribution in [3.05, 3.63) is 23.4 Å². The van der Waals surface area contributed by atoms with Gasteiger partial charge in [-0.15, -0.1) is 0 Å². The number of pyridine rings is 1. The van der Waals surface area contributed by atoms with Crippen LogP contribution in [0.2, 0.25) is 0 Å². The van der Waals surface area contributed by atoms with Gasteiger partial charge in [0.25, 0.3) is 5.91 Å². The molecule has 1 fully saturated rings. The van der Waals surface area contributed by atoms with Crippen molar-refractivity contribution in [3.8, 4) is 0 Å². The van der Waals surface area contributed by atoms with Crippen molar-refractivity contribution in [3.63, 3.8) is 0 Å². The zero-order valence-electron chi connectivity index (χ0n) is 13.2. The lowest BCUT2D eigenvalue weighted by Crippen LogP contribution is -2.40. The summed E-state index contributed by atoms with van der Waals surface area (Å²) in [6, 6.07) is 3.79. The number of anilines is 1. The first-order valence-corrected chi connectivity index (χ1v) is 7.72. The fourth-order valence-electron chi connectivity index (χ4n) is 3.06. The lowest BCUT2D eigenvalue weighted by atomic mass is 9.75. The number of hydrogen-bond acceptors (Lipinski definition) is 4. The van der Waals surface area contributed by atoms with E-state index in [1.165, 1.54) is 12.8 Å². The molecule has 0 radical (unpaired) electrons. The number of amides is 1. The first kappa shape index (κ1) is 15.8. The van der Waals surface area contributed by atoms with E-state index in [9.17, 15) is 4.79 Å². The Kier molecular flexibility index (Phi) is 4.83. The van der Waals surface area contributed by atoms with E-state index in [2.05, 4.69) is 29.6 Å². The molecule has 1 saturated carbocycles. The van der Waals surface area contributed by atoms with Crippen LogP contribution in [-0.4, -0.2) is 16.9 Å². The number of aromatic nitrogens is 1. The predicted molar refractivity (Wildman–Crippen MR) is 84.9 cm³/mol. The minimum atomic E-state index is -0.0358. The third-order valence-corrected chi connectivity index (χ3v) is 4.19. The van der Waals surface area contributed by atoms with Crippen LogP contribution in [0.5, 0.6) is 0 Å². The van der Waals surface area contributed by atoms with Crippen LogP contribution >= 0.6 is 0 Å². The minimum Gasteiger partial charge on any atom is -0.349 e. The molecule has 116 valence electrons. The van der Waals surface area contributed by atoms with E-state index in [0.717, 1.165) is 25.0 Å². The maximum absolute atomic E-state index is 12.5. The summed E-state index contributed by atoms with van der Waals surface area (Å²) in [4.78, 5) is 16.8. The predicted octanol–water partition coefficient (Wildman–Crippen LogP) is 2.63. The highest BCUT2D eigenvalue weighted by Crippen LogP contribution is 2.35. The summed E-state index contributed by atoms with van der Waals surface area (Å²) in [6.45, 7) is 6.54. The smallest absolute Gasteiger partial charge is 0.251 e. The van der Waals surface area contributed by atoms with Crippen LogP contribution < -0.4 is 16.6 Å². The van der Waals surface area contributed by atoms with Gasteiger partial charge in [0, 0.05) is 17.3 Å². The molecular weight excluding hydrogens is 264 g/mol. The van der Waals surface area contributed by atoms with Crippen molar-refractivity contribution >= 4 is 11.7 Å². The molecule has 0 saturated heterocycles. The summed E-state index contributed by atoms with van der Waals surface area (Å²) in [5.41, 5.74) is 4.32. The number of nitrogen functional groups attached to an aromatic ring is 1. The van der Waals surface area contributed by atoms with Crippen LogP contribution in [0.1, 0.15) is 62.5 Å². The number of carbonyl (C=O) groups is 1. The van der Waals surface area contributed by atoms with E-state index < -0.39 is 0 Å². The first-order chi connectivity index (χ1) is 9.93. The van der Waals surface area contributed by atoms with Gasteiger partial charge in [-0.25, -0.2) is 10.8 Å². The van der Waals surface area contributed by atoms with Crippen LogP contribution in [0.4, 0.5) is 5.82 Å². The quantitative estimate of drug-likeness (QED) is 0.588. The van der Waals surface area contributed by atoms with Crippen molar-refractivity contribution in [1.82, 2.24) is 10.3 Å². The van der Waals surface area contributed by atoms with E-state index in [1.807, 2.05) is 13.0 Å². The molecule has 4 N–H and O–H groups in total. The Balaban J connectivity index is 2.09. The summed E-state index contributed by atoms with van der Waals surface area (Å²) in [6.07, 6.45) is 5.27. The molecule has 5 nitrogen and oxygen atoms in total. The average molecular weight is 290 g/mol. The molecule has 0 spiro atoms. The molecule has 1 aliphatic carbocycles. The lowest BCUT2D eigenvalue weighted by molar-refractivity contribution is 0.0902. The highest BCUT2D eigenvalue weighted by molar-refractivity contribution is 5.95. The second-order valence-corrected chi connectivity index (χ2v) is 6.66. The number of hydrazine groups is 1. The maximum Gasteiger partial charge on any atom is 0.251 e. The van der Waals surface area contributed by atoms with Crippen molar-refractivity contribution in [1.29, 1.82) is 0 Å². The number of rotatable bonds is 4. The first-order valence-electron chi connectivity index (χ1n) is 7.72. The van der Waals surface area contributed by atoms with Crippen molar-refractivity contribution < 1.29 is 4.79 Å².